The second-order valence-electron chi connectivity index (χ2n) is 7.97. The molecule has 5 aromatic rings. The van der Waals surface area contributed by atoms with Gasteiger partial charge < -0.3 is 5.32 Å². The van der Waals surface area contributed by atoms with Crippen LogP contribution in [0.2, 0.25) is 0 Å². The SMILES string of the molecule is Cc1ccc(-n2[nH]c3c(cnc4ccc(C(=O)N[C@H](C)c5ccccc5)cc43)c2=O)cc1. The summed E-state index contributed by atoms with van der Waals surface area (Å²) in [5.74, 6) is -0.180. The number of carbonyl (C=O) groups is 1. The van der Waals surface area contributed by atoms with E-state index in [4.69, 9.17) is 0 Å². The van der Waals surface area contributed by atoms with Gasteiger partial charge in [-0.25, -0.2) is 4.68 Å². The lowest BCUT2D eigenvalue weighted by atomic mass is 10.1. The van der Waals surface area contributed by atoms with Crippen LogP contribution in [-0.4, -0.2) is 20.7 Å². The standard InChI is InChI=1S/C26H22N4O2/c1-16-8-11-20(12-9-16)30-26(32)22-15-27-23-13-10-19(14-21(23)24(22)29-30)25(31)28-17(2)18-6-4-3-5-7-18/h3-15,17,29H,1-2H3,(H,28,31)/t17-/m1/s1. The van der Waals surface area contributed by atoms with Crippen LogP contribution in [0.25, 0.3) is 27.5 Å². The van der Waals surface area contributed by atoms with E-state index < -0.39 is 0 Å². The number of aromatic amines is 1. The lowest BCUT2D eigenvalue weighted by molar-refractivity contribution is 0.0940. The fraction of sp³-hybridized carbons (Fsp3) is 0.115. The Balaban J connectivity index is 1.56. The van der Waals surface area contributed by atoms with Gasteiger partial charge in [0.1, 0.15) is 0 Å². The number of hydrogen-bond acceptors (Lipinski definition) is 3. The highest BCUT2D eigenvalue weighted by Crippen LogP contribution is 2.23. The lowest BCUT2D eigenvalue weighted by Gasteiger charge is -2.14. The summed E-state index contributed by atoms with van der Waals surface area (Å²) in [4.78, 5) is 30.4. The zero-order chi connectivity index (χ0) is 22.2. The summed E-state index contributed by atoms with van der Waals surface area (Å²) in [7, 11) is 0. The van der Waals surface area contributed by atoms with Crippen molar-refractivity contribution in [2.75, 3.05) is 0 Å². The van der Waals surface area contributed by atoms with Gasteiger partial charge in [-0.3, -0.25) is 19.7 Å². The van der Waals surface area contributed by atoms with Gasteiger partial charge in [0, 0.05) is 17.1 Å². The number of H-pyrrole nitrogens is 1. The van der Waals surface area contributed by atoms with Crippen molar-refractivity contribution in [3.63, 3.8) is 0 Å². The summed E-state index contributed by atoms with van der Waals surface area (Å²) in [5.41, 5.74) is 4.60. The van der Waals surface area contributed by atoms with Gasteiger partial charge in [0.05, 0.1) is 28.1 Å². The van der Waals surface area contributed by atoms with Crippen molar-refractivity contribution in [3.8, 4) is 5.69 Å². The van der Waals surface area contributed by atoms with Gasteiger partial charge in [-0.15, -0.1) is 0 Å². The smallest absolute Gasteiger partial charge is 0.280 e. The molecule has 5 rings (SSSR count). The molecule has 1 amide bonds. The first-order valence-electron chi connectivity index (χ1n) is 10.5. The lowest BCUT2D eigenvalue weighted by Crippen LogP contribution is -2.26. The zero-order valence-corrected chi connectivity index (χ0v) is 17.8. The van der Waals surface area contributed by atoms with Crippen LogP contribution in [0, 0.1) is 6.92 Å². The average molecular weight is 422 g/mol. The van der Waals surface area contributed by atoms with Crippen molar-refractivity contribution >= 4 is 27.7 Å². The first-order chi connectivity index (χ1) is 15.5. The van der Waals surface area contributed by atoms with Gasteiger partial charge in [0.15, 0.2) is 0 Å². The maximum absolute atomic E-state index is 13.0. The molecule has 6 heteroatoms. The van der Waals surface area contributed by atoms with Crippen LogP contribution in [0.15, 0.2) is 83.8 Å². The minimum Gasteiger partial charge on any atom is -0.346 e. The largest absolute Gasteiger partial charge is 0.346 e. The number of benzene rings is 3. The molecule has 2 aromatic heterocycles. The highest BCUT2D eigenvalue weighted by atomic mass is 16.1. The molecule has 0 aliphatic carbocycles. The predicted molar refractivity (Wildman–Crippen MR) is 126 cm³/mol. The Bertz CT molecular complexity index is 1500. The Hall–Kier alpha value is -4.19. The molecule has 0 saturated heterocycles. The van der Waals surface area contributed by atoms with E-state index in [1.807, 2.05) is 68.4 Å². The zero-order valence-electron chi connectivity index (χ0n) is 17.8. The van der Waals surface area contributed by atoms with Crippen LogP contribution in [0.5, 0.6) is 0 Å². The number of nitrogens with one attached hydrogen (secondary N) is 2. The quantitative estimate of drug-likeness (QED) is 0.442. The molecule has 0 radical (unpaired) electrons. The number of amides is 1. The second-order valence-corrected chi connectivity index (χ2v) is 7.97. The number of fused-ring (bicyclic) bond motifs is 3. The highest BCUT2D eigenvalue weighted by Gasteiger charge is 2.15. The van der Waals surface area contributed by atoms with Gasteiger partial charge in [-0.05, 0) is 49.7 Å². The summed E-state index contributed by atoms with van der Waals surface area (Å²) in [6.07, 6.45) is 1.58. The first-order valence-corrected chi connectivity index (χ1v) is 10.5. The number of aromatic nitrogens is 3. The van der Waals surface area contributed by atoms with Crippen LogP contribution >= 0.6 is 0 Å². The third-order valence-electron chi connectivity index (χ3n) is 5.73. The number of rotatable bonds is 4. The van der Waals surface area contributed by atoms with E-state index in [1.165, 1.54) is 4.68 Å². The molecule has 0 bridgehead atoms. The molecular formula is C26H22N4O2. The van der Waals surface area contributed by atoms with Crippen LogP contribution < -0.4 is 10.9 Å². The van der Waals surface area contributed by atoms with E-state index in [0.29, 0.717) is 22.0 Å². The molecule has 0 saturated carbocycles. The van der Waals surface area contributed by atoms with E-state index in [0.717, 1.165) is 22.2 Å². The molecule has 6 nitrogen and oxygen atoms in total. The molecule has 0 spiro atoms. The normalized spacial score (nSPS) is 12.2. The fourth-order valence-corrected chi connectivity index (χ4v) is 3.88. The third-order valence-corrected chi connectivity index (χ3v) is 5.73. The Morgan fingerprint density at radius 3 is 2.50 bits per heavy atom. The monoisotopic (exact) mass is 422 g/mol. The van der Waals surface area contributed by atoms with Crippen LogP contribution in [0.1, 0.15) is 34.5 Å². The summed E-state index contributed by atoms with van der Waals surface area (Å²) >= 11 is 0. The summed E-state index contributed by atoms with van der Waals surface area (Å²) in [6.45, 7) is 3.95. The molecule has 0 unspecified atom stereocenters. The maximum Gasteiger partial charge on any atom is 0.280 e. The molecule has 2 heterocycles. The molecule has 0 aliphatic heterocycles. The molecule has 32 heavy (non-hydrogen) atoms. The summed E-state index contributed by atoms with van der Waals surface area (Å²) in [6, 6.07) is 22.7. The molecular weight excluding hydrogens is 400 g/mol. The van der Waals surface area contributed by atoms with Crippen molar-refractivity contribution in [3.05, 3.63) is 106 Å². The number of aryl methyl sites for hydroxylation is 1. The average Bonchev–Trinajstić information content (AvgIpc) is 3.16. The second kappa shape index (κ2) is 7.81. The number of nitrogens with zero attached hydrogens (tertiary/aromatic N) is 2. The topological polar surface area (TPSA) is 79.8 Å². The minimum absolute atomic E-state index is 0.129. The first kappa shape index (κ1) is 19.8. The Morgan fingerprint density at radius 1 is 1.00 bits per heavy atom. The van der Waals surface area contributed by atoms with Crippen molar-refractivity contribution < 1.29 is 4.79 Å². The fourth-order valence-electron chi connectivity index (χ4n) is 3.88. The van der Waals surface area contributed by atoms with E-state index in [2.05, 4.69) is 15.4 Å². The van der Waals surface area contributed by atoms with Crippen LogP contribution in [-0.2, 0) is 0 Å². The predicted octanol–water partition coefficient (Wildman–Crippen LogP) is 4.67. The third kappa shape index (κ3) is 3.46. The number of pyridine rings is 1. The van der Waals surface area contributed by atoms with Gasteiger partial charge in [-0.1, -0.05) is 48.0 Å². The van der Waals surface area contributed by atoms with E-state index in [9.17, 15) is 9.59 Å². The van der Waals surface area contributed by atoms with Crippen molar-refractivity contribution in [2.24, 2.45) is 0 Å². The van der Waals surface area contributed by atoms with Gasteiger partial charge in [0.25, 0.3) is 11.5 Å². The van der Waals surface area contributed by atoms with Crippen molar-refractivity contribution in [1.29, 1.82) is 0 Å². The molecule has 0 fully saturated rings. The minimum atomic E-state index is -0.180. The molecule has 1 atom stereocenters. The van der Waals surface area contributed by atoms with Gasteiger partial charge >= 0.3 is 0 Å². The number of hydrogen-bond donors (Lipinski definition) is 2. The van der Waals surface area contributed by atoms with E-state index >= 15 is 0 Å². The van der Waals surface area contributed by atoms with Gasteiger partial charge in [0.2, 0.25) is 0 Å². The van der Waals surface area contributed by atoms with E-state index in [-0.39, 0.29) is 17.5 Å². The van der Waals surface area contributed by atoms with Crippen molar-refractivity contribution in [1.82, 2.24) is 20.1 Å². The highest BCUT2D eigenvalue weighted by molar-refractivity contribution is 6.06. The Kier molecular flexibility index (Phi) is 4.82. The Labute approximate surface area is 184 Å². The van der Waals surface area contributed by atoms with E-state index in [1.54, 1.807) is 24.4 Å². The molecule has 0 aliphatic rings. The van der Waals surface area contributed by atoms with Crippen LogP contribution in [0.3, 0.4) is 0 Å². The Morgan fingerprint density at radius 2 is 1.75 bits per heavy atom. The summed E-state index contributed by atoms with van der Waals surface area (Å²) < 4.78 is 1.51. The van der Waals surface area contributed by atoms with Crippen molar-refractivity contribution in [2.45, 2.75) is 19.9 Å². The van der Waals surface area contributed by atoms with Gasteiger partial charge in [-0.2, -0.15) is 0 Å². The molecule has 3 aromatic carbocycles. The maximum atomic E-state index is 13.0. The molecule has 2 N–H and O–H groups in total. The molecule has 158 valence electrons. The van der Waals surface area contributed by atoms with Crippen LogP contribution in [0.4, 0.5) is 0 Å². The number of carbonyl (C=O) groups excluding carboxylic acids is 1. The summed E-state index contributed by atoms with van der Waals surface area (Å²) in [5, 5.41) is 7.45.